The Morgan fingerprint density at radius 3 is 2.20 bits per heavy atom. The number of fused-ring (bicyclic) bond motifs is 1. The second kappa shape index (κ2) is 2.23. The highest BCUT2D eigenvalue weighted by Gasteiger charge is 2.45. The van der Waals surface area contributed by atoms with E-state index < -0.39 is 0 Å². The summed E-state index contributed by atoms with van der Waals surface area (Å²) in [5, 5.41) is 9.23. The van der Waals surface area contributed by atoms with Crippen LogP contribution in [-0.4, -0.2) is 11.7 Å². The Bertz CT molecular complexity index is 121. The van der Waals surface area contributed by atoms with E-state index in [2.05, 4.69) is 0 Å². The van der Waals surface area contributed by atoms with E-state index in [1.54, 1.807) is 0 Å². The normalized spacial score (nSPS) is 45.9. The lowest BCUT2D eigenvalue weighted by molar-refractivity contribution is 0.106. The van der Waals surface area contributed by atoms with Crippen molar-refractivity contribution in [1.29, 1.82) is 0 Å². The Hall–Kier alpha value is -0.0400. The molecule has 0 aromatic rings. The molecular weight excluding hydrogens is 124 g/mol. The fourth-order valence-electron chi connectivity index (χ4n) is 2.98. The van der Waals surface area contributed by atoms with Gasteiger partial charge in [-0.2, -0.15) is 0 Å². The molecule has 0 atom stereocenters. The molecule has 0 saturated heterocycles. The molecule has 1 N–H and O–H groups in total. The summed E-state index contributed by atoms with van der Waals surface area (Å²) in [5.74, 6) is 0.887. The van der Waals surface area contributed by atoms with Crippen molar-refractivity contribution in [2.45, 2.75) is 38.5 Å². The Kier molecular flexibility index (Phi) is 1.48. The van der Waals surface area contributed by atoms with Gasteiger partial charge in [0.15, 0.2) is 0 Å². The molecule has 0 aromatic carbocycles. The molecule has 2 rings (SSSR count). The van der Waals surface area contributed by atoms with Gasteiger partial charge in [0.25, 0.3) is 0 Å². The van der Waals surface area contributed by atoms with Crippen LogP contribution in [0.25, 0.3) is 0 Å². The van der Waals surface area contributed by atoms with Gasteiger partial charge < -0.3 is 5.11 Å². The first-order valence-corrected chi connectivity index (χ1v) is 4.48. The SMILES string of the molecule is OCC12CCCC1CCC2. The monoisotopic (exact) mass is 140 g/mol. The van der Waals surface area contributed by atoms with E-state index in [4.69, 9.17) is 0 Å². The van der Waals surface area contributed by atoms with Gasteiger partial charge in [-0.05, 0) is 37.0 Å². The third-order valence-corrected chi connectivity index (χ3v) is 3.64. The standard InChI is InChI=1S/C9H16O/c10-7-9-5-1-3-8(9)4-2-6-9/h8,10H,1-7H2. The lowest BCUT2D eigenvalue weighted by atomic mass is 9.81. The van der Waals surface area contributed by atoms with Crippen LogP contribution in [0.2, 0.25) is 0 Å². The van der Waals surface area contributed by atoms with Gasteiger partial charge in [-0.3, -0.25) is 0 Å². The Labute approximate surface area is 62.4 Å². The van der Waals surface area contributed by atoms with Crippen LogP contribution in [-0.2, 0) is 0 Å². The average Bonchev–Trinajstić information content (AvgIpc) is 2.42. The van der Waals surface area contributed by atoms with E-state index in [1.807, 2.05) is 0 Å². The number of hydrogen-bond donors (Lipinski definition) is 1. The minimum absolute atomic E-state index is 0.403. The summed E-state index contributed by atoms with van der Waals surface area (Å²) in [6, 6.07) is 0. The molecule has 0 amide bonds. The van der Waals surface area contributed by atoms with Crippen LogP contribution in [0.3, 0.4) is 0 Å². The van der Waals surface area contributed by atoms with E-state index in [9.17, 15) is 5.11 Å². The highest BCUT2D eigenvalue weighted by molar-refractivity contribution is 4.95. The van der Waals surface area contributed by atoms with Crippen molar-refractivity contribution < 1.29 is 5.11 Å². The first-order chi connectivity index (χ1) is 4.87. The largest absolute Gasteiger partial charge is 0.396 e. The van der Waals surface area contributed by atoms with E-state index in [1.165, 1.54) is 38.5 Å². The maximum atomic E-state index is 9.23. The number of rotatable bonds is 1. The fourth-order valence-corrected chi connectivity index (χ4v) is 2.98. The molecule has 0 aliphatic heterocycles. The van der Waals surface area contributed by atoms with Gasteiger partial charge in [-0.1, -0.05) is 12.8 Å². The van der Waals surface area contributed by atoms with E-state index in [0.29, 0.717) is 12.0 Å². The average molecular weight is 140 g/mol. The molecule has 0 heterocycles. The Balaban J connectivity index is 2.15. The van der Waals surface area contributed by atoms with Crippen molar-refractivity contribution in [2.24, 2.45) is 11.3 Å². The van der Waals surface area contributed by atoms with Gasteiger partial charge in [0.05, 0.1) is 0 Å². The number of hydrogen-bond acceptors (Lipinski definition) is 1. The number of aliphatic hydroxyl groups is 1. The maximum Gasteiger partial charge on any atom is 0.0490 e. The van der Waals surface area contributed by atoms with Crippen LogP contribution in [0, 0.1) is 11.3 Å². The third-order valence-electron chi connectivity index (χ3n) is 3.64. The summed E-state index contributed by atoms with van der Waals surface area (Å²) in [7, 11) is 0. The summed E-state index contributed by atoms with van der Waals surface area (Å²) >= 11 is 0. The fraction of sp³-hybridized carbons (Fsp3) is 1.00. The van der Waals surface area contributed by atoms with Gasteiger partial charge in [-0.15, -0.1) is 0 Å². The van der Waals surface area contributed by atoms with Crippen LogP contribution in [0.1, 0.15) is 38.5 Å². The highest BCUT2D eigenvalue weighted by atomic mass is 16.3. The van der Waals surface area contributed by atoms with Crippen LogP contribution in [0.4, 0.5) is 0 Å². The molecule has 1 heteroatoms. The van der Waals surface area contributed by atoms with Crippen molar-refractivity contribution in [2.75, 3.05) is 6.61 Å². The van der Waals surface area contributed by atoms with Crippen LogP contribution >= 0.6 is 0 Å². The quantitative estimate of drug-likeness (QED) is 0.590. The zero-order valence-corrected chi connectivity index (χ0v) is 6.47. The third kappa shape index (κ3) is 0.731. The minimum atomic E-state index is 0.403. The molecule has 2 fully saturated rings. The van der Waals surface area contributed by atoms with E-state index in [-0.39, 0.29) is 0 Å². The summed E-state index contributed by atoms with van der Waals surface area (Å²) in [6.07, 6.45) is 8.11. The van der Waals surface area contributed by atoms with Gasteiger partial charge in [0, 0.05) is 6.61 Å². The second-order valence-corrected chi connectivity index (χ2v) is 4.00. The van der Waals surface area contributed by atoms with Crippen LogP contribution in [0.15, 0.2) is 0 Å². The molecule has 2 aliphatic carbocycles. The van der Waals surface area contributed by atoms with Crippen molar-refractivity contribution in [3.05, 3.63) is 0 Å². The van der Waals surface area contributed by atoms with Crippen LogP contribution in [0.5, 0.6) is 0 Å². The van der Waals surface area contributed by atoms with Crippen LogP contribution < -0.4 is 0 Å². The van der Waals surface area contributed by atoms with Crippen molar-refractivity contribution in [3.8, 4) is 0 Å². The van der Waals surface area contributed by atoms with E-state index >= 15 is 0 Å². The predicted molar refractivity (Wildman–Crippen MR) is 40.7 cm³/mol. The second-order valence-electron chi connectivity index (χ2n) is 4.00. The summed E-state index contributed by atoms with van der Waals surface area (Å²) < 4.78 is 0. The molecule has 2 aliphatic rings. The van der Waals surface area contributed by atoms with Crippen molar-refractivity contribution in [3.63, 3.8) is 0 Å². The molecule has 10 heavy (non-hydrogen) atoms. The lowest BCUT2D eigenvalue weighted by Gasteiger charge is -2.26. The minimum Gasteiger partial charge on any atom is -0.396 e. The van der Waals surface area contributed by atoms with Gasteiger partial charge >= 0.3 is 0 Å². The first-order valence-electron chi connectivity index (χ1n) is 4.48. The highest BCUT2D eigenvalue weighted by Crippen LogP contribution is 2.53. The maximum absolute atomic E-state index is 9.23. The summed E-state index contributed by atoms with van der Waals surface area (Å²) in [6.45, 7) is 0.456. The lowest BCUT2D eigenvalue weighted by Crippen LogP contribution is -2.24. The summed E-state index contributed by atoms with van der Waals surface area (Å²) in [5.41, 5.74) is 0.403. The molecule has 0 aromatic heterocycles. The van der Waals surface area contributed by atoms with Gasteiger partial charge in [0.2, 0.25) is 0 Å². The first kappa shape index (κ1) is 6.66. The molecule has 2 saturated carbocycles. The smallest absolute Gasteiger partial charge is 0.0490 e. The predicted octanol–water partition coefficient (Wildman–Crippen LogP) is 1.95. The molecule has 0 radical (unpaired) electrons. The molecule has 0 spiro atoms. The zero-order valence-electron chi connectivity index (χ0n) is 6.47. The molecule has 1 nitrogen and oxygen atoms in total. The number of aliphatic hydroxyl groups excluding tert-OH is 1. The van der Waals surface area contributed by atoms with Crippen molar-refractivity contribution >= 4 is 0 Å². The zero-order chi connectivity index (χ0) is 7.03. The van der Waals surface area contributed by atoms with E-state index in [0.717, 1.165) is 5.92 Å². The molecule has 58 valence electrons. The molecular formula is C9H16O. The Morgan fingerprint density at radius 1 is 1.20 bits per heavy atom. The molecule has 0 bridgehead atoms. The van der Waals surface area contributed by atoms with Gasteiger partial charge in [0.1, 0.15) is 0 Å². The molecule has 0 unspecified atom stereocenters. The topological polar surface area (TPSA) is 20.2 Å². The Morgan fingerprint density at radius 2 is 1.80 bits per heavy atom. The van der Waals surface area contributed by atoms with Crippen molar-refractivity contribution in [1.82, 2.24) is 0 Å². The summed E-state index contributed by atoms with van der Waals surface area (Å²) in [4.78, 5) is 0. The van der Waals surface area contributed by atoms with Gasteiger partial charge in [-0.25, -0.2) is 0 Å².